The van der Waals surface area contributed by atoms with E-state index in [-0.39, 0.29) is 12.0 Å². The summed E-state index contributed by atoms with van der Waals surface area (Å²) < 4.78 is 0. The lowest BCUT2D eigenvalue weighted by Gasteiger charge is -2.37. The molecule has 0 aromatic carbocycles. The molecular weight excluding hydrogens is 152 g/mol. The topological polar surface area (TPSA) is 37.3 Å². The Hall–Kier alpha value is -0.370. The molecule has 68 valence electrons. The van der Waals surface area contributed by atoms with Crippen molar-refractivity contribution in [3.63, 3.8) is 0 Å². The predicted molar refractivity (Wildman–Crippen MR) is 45.7 cm³/mol. The molecule has 0 radical (unpaired) electrons. The fraction of sp³-hybridized carbons (Fsp3) is 0.900. The number of rotatable bonds is 0. The third-order valence-electron chi connectivity index (χ3n) is 3.40. The van der Waals surface area contributed by atoms with Crippen molar-refractivity contribution in [2.45, 2.75) is 44.6 Å². The summed E-state index contributed by atoms with van der Waals surface area (Å²) in [6, 6.07) is 0. The van der Waals surface area contributed by atoms with Crippen molar-refractivity contribution >= 4 is 5.78 Å². The maximum absolute atomic E-state index is 11.5. The molecule has 0 bridgehead atoms. The minimum absolute atomic E-state index is 0.187. The van der Waals surface area contributed by atoms with Crippen LogP contribution >= 0.6 is 0 Å². The van der Waals surface area contributed by atoms with E-state index >= 15 is 0 Å². The fourth-order valence-corrected chi connectivity index (χ4v) is 2.73. The fourth-order valence-electron chi connectivity index (χ4n) is 2.73. The minimum atomic E-state index is -0.187. The van der Waals surface area contributed by atoms with Crippen LogP contribution in [-0.4, -0.2) is 17.0 Å². The molecule has 2 aliphatic rings. The molecule has 0 aliphatic heterocycles. The molecule has 1 N–H and O–H groups in total. The number of hydrogen-bond acceptors (Lipinski definition) is 2. The van der Waals surface area contributed by atoms with Gasteiger partial charge in [0, 0.05) is 12.3 Å². The van der Waals surface area contributed by atoms with Gasteiger partial charge in [-0.15, -0.1) is 0 Å². The largest absolute Gasteiger partial charge is 0.393 e. The van der Waals surface area contributed by atoms with Crippen LogP contribution < -0.4 is 0 Å². The van der Waals surface area contributed by atoms with Crippen LogP contribution in [0.3, 0.4) is 0 Å². The molecule has 3 atom stereocenters. The molecule has 0 spiro atoms. The van der Waals surface area contributed by atoms with Crippen molar-refractivity contribution in [1.82, 2.24) is 0 Å². The van der Waals surface area contributed by atoms with Crippen LogP contribution in [0.2, 0.25) is 0 Å². The smallest absolute Gasteiger partial charge is 0.136 e. The van der Waals surface area contributed by atoms with Gasteiger partial charge >= 0.3 is 0 Å². The van der Waals surface area contributed by atoms with Crippen LogP contribution in [0.1, 0.15) is 38.5 Å². The van der Waals surface area contributed by atoms with Gasteiger partial charge in [-0.3, -0.25) is 4.79 Å². The van der Waals surface area contributed by atoms with E-state index in [0.29, 0.717) is 11.7 Å². The summed E-state index contributed by atoms with van der Waals surface area (Å²) in [6.45, 7) is 0. The maximum Gasteiger partial charge on any atom is 0.136 e. The first-order chi connectivity index (χ1) is 5.79. The van der Waals surface area contributed by atoms with Crippen LogP contribution in [0.15, 0.2) is 0 Å². The average Bonchev–Trinajstić information content (AvgIpc) is 2.07. The van der Waals surface area contributed by atoms with Gasteiger partial charge in [-0.25, -0.2) is 0 Å². The molecule has 12 heavy (non-hydrogen) atoms. The van der Waals surface area contributed by atoms with Gasteiger partial charge in [0.25, 0.3) is 0 Å². The third kappa shape index (κ3) is 1.28. The highest BCUT2D eigenvalue weighted by Gasteiger charge is 2.38. The van der Waals surface area contributed by atoms with Gasteiger partial charge in [0.15, 0.2) is 0 Å². The molecule has 2 fully saturated rings. The Kier molecular flexibility index (Phi) is 2.18. The Morgan fingerprint density at radius 2 is 2.00 bits per heavy atom. The van der Waals surface area contributed by atoms with Crippen molar-refractivity contribution in [3.05, 3.63) is 0 Å². The second-order valence-electron chi connectivity index (χ2n) is 4.13. The summed E-state index contributed by atoms with van der Waals surface area (Å²) in [6.07, 6.45) is 5.61. The number of fused-ring (bicyclic) bond motifs is 1. The lowest BCUT2D eigenvalue weighted by Crippen LogP contribution is -2.39. The van der Waals surface area contributed by atoms with E-state index in [4.69, 9.17) is 0 Å². The Bertz CT molecular complexity index is 188. The second-order valence-corrected chi connectivity index (χ2v) is 4.13. The first-order valence-electron chi connectivity index (χ1n) is 5.00. The number of aliphatic hydroxyl groups is 1. The van der Waals surface area contributed by atoms with Gasteiger partial charge < -0.3 is 5.11 Å². The van der Waals surface area contributed by atoms with Crippen LogP contribution in [0.5, 0.6) is 0 Å². The highest BCUT2D eigenvalue weighted by atomic mass is 16.3. The lowest BCUT2D eigenvalue weighted by atomic mass is 9.69. The molecule has 0 amide bonds. The van der Waals surface area contributed by atoms with E-state index in [9.17, 15) is 9.90 Å². The van der Waals surface area contributed by atoms with Crippen LogP contribution in [0.25, 0.3) is 0 Å². The van der Waals surface area contributed by atoms with Gasteiger partial charge in [-0.05, 0) is 31.6 Å². The van der Waals surface area contributed by atoms with Crippen molar-refractivity contribution in [1.29, 1.82) is 0 Å². The number of ketones is 1. The summed E-state index contributed by atoms with van der Waals surface area (Å²) in [7, 11) is 0. The second kappa shape index (κ2) is 3.17. The van der Waals surface area contributed by atoms with E-state index in [1.165, 1.54) is 0 Å². The van der Waals surface area contributed by atoms with Crippen LogP contribution in [0.4, 0.5) is 0 Å². The van der Waals surface area contributed by atoms with Gasteiger partial charge in [-0.1, -0.05) is 6.42 Å². The molecule has 2 unspecified atom stereocenters. The van der Waals surface area contributed by atoms with E-state index < -0.39 is 0 Å². The first kappa shape index (κ1) is 8.24. The lowest BCUT2D eigenvalue weighted by molar-refractivity contribution is -0.131. The number of carbonyl (C=O) groups excluding carboxylic acids is 1. The SMILES string of the molecule is O=C1CCCC2C(O)CCC[C@H]12. The molecule has 0 heterocycles. The van der Waals surface area contributed by atoms with Crippen molar-refractivity contribution < 1.29 is 9.90 Å². The highest BCUT2D eigenvalue weighted by molar-refractivity contribution is 5.82. The number of Topliss-reactive ketones (excluding diaryl/α,β-unsaturated/α-hetero) is 1. The van der Waals surface area contributed by atoms with Gasteiger partial charge in [0.05, 0.1) is 6.10 Å². The van der Waals surface area contributed by atoms with Crippen molar-refractivity contribution in [2.24, 2.45) is 11.8 Å². The van der Waals surface area contributed by atoms with Gasteiger partial charge in [-0.2, -0.15) is 0 Å². The van der Waals surface area contributed by atoms with Crippen molar-refractivity contribution in [3.8, 4) is 0 Å². The first-order valence-corrected chi connectivity index (χ1v) is 5.00. The van der Waals surface area contributed by atoms with E-state index in [2.05, 4.69) is 0 Å². The Labute approximate surface area is 73.0 Å². The Balaban J connectivity index is 2.10. The normalized spacial score (nSPS) is 42.4. The van der Waals surface area contributed by atoms with Gasteiger partial charge in [0.1, 0.15) is 5.78 Å². The molecule has 0 aromatic heterocycles. The summed E-state index contributed by atoms with van der Waals surface area (Å²) in [5.41, 5.74) is 0. The number of carbonyl (C=O) groups is 1. The van der Waals surface area contributed by atoms with Crippen LogP contribution in [-0.2, 0) is 4.79 Å². The molecule has 2 nitrogen and oxygen atoms in total. The summed E-state index contributed by atoms with van der Waals surface area (Å²) >= 11 is 0. The number of hydrogen-bond donors (Lipinski definition) is 1. The third-order valence-corrected chi connectivity index (χ3v) is 3.40. The predicted octanol–water partition coefficient (Wildman–Crippen LogP) is 1.52. The zero-order chi connectivity index (χ0) is 8.55. The van der Waals surface area contributed by atoms with Crippen LogP contribution in [0, 0.1) is 11.8 Å². The van der Waals surface area contributed by atoms with E-state index in [1.807, 2.05) is 0 Å². The monoisotopic (exact) mass is 168 g/mol. The molecule has 0 aromatic rings. The zero-order valence-electron chi connectivity index (χ0n) is 7.33. The standard InChI is InChI=1S/C10H16O2/c11-9-5-1-3-7-8(9)4-2-6-10(7)12/h7-9,11H,1-6H2/t7-,8?,9?/m0/s1. The molecule has 2 heteroatoms. The maximum atomic E-state index is 11.5. The molecule has 2 saturated carbocycles. The highest BCUT2D eigenvalue weighted by Crippen LogP contribution is 2.38. The minimum Gasteiger partial charge on any atom is -0.393 e. The Morgan fingerprint density at radius 3 is 2.75 bits per heavy atom. The molecular formula is C10H16O2. The molecule has 0 saturated heterocycles. The quantitative estimate of drug-likeness (QED) is 0.595. The van der Waals surface area contributed by atoms with E-state index in [1.54, 1.807) is 0 Å². The summed E-state index contributed by atoms with van der Waals surface area (Å²) in [5, 5.41) is 9.67. The molecule has 2 rings (SSSR count). The molecule has 2 aliphatic carbocycles. The van der Waals surface area contributed by atoms with Gasteiger partial charge in [0.2, 0.25) is 0 Å². The van der Waals surface area contributed by atoms with E-state index in [0.717, 1.165) is 38.5 Å². The zero-order valence-corrected chi connectivity index (χ0v) is 7.33. The average molecular weight is 168 g/mol. The number of aliphatic hydroxyl groups excluding tert-OH is 1. The summed E-state index contributed by atoms with van der Waals surface area (Å²) in [5.74, 6) is 0.924. The van der Waals surface area contributed by atoms with Crippen molar-refractivity contribution in [2.75, 3.05) is 0 Å². The Morgan fingerprint density at radius 1 is 1.17 bits per heavy atom. The summed E-state index contributed by atoms with van der Waals surface area (Å²) in [4.78, 5) is 11.5.